The summed E-state index contributed by atoms with van der Waals surface area (Å²) in [5, 5.41) is 2.48. The van der Waals surface area contributed by atoms with Crippen LogP contribution in [0.1, 0.15) is 75.9 Å². The van der Waals surface area contributed by atoms with Crippen LogP contribution in [-0.2, 0) is 10.8 Å². The minimum atomic E-state index is -0.576. The molecule has 0 saturated heterocycles. The molecule has 2 aliphatic carbocycles. The summed E-state index contributed by atoms with van der Waals surface area (Å²) in [7, 11) is 0. The maximum atomic E-state index is 5.20. The van der Waals surface area contributed by atoms with Crippen molar-refractivity contribution in [3.63, 3.8) is 0 Å². The molecule has 52 heavy (non-hydrogen) atoms. The number of benzene rings is 4. The molecule has 7 aromatic rings. The van der Waals surface area contributed by atoms with E-state index in [0.717, 1.165) is 29.1 Å². The van der Waals surface area contributed by atoms with Crippen molar-refractivity contribution in [2.45, 2.75) is 58.8 Å². The zero-order valence-electron chi connectivity index (χ0n) is 31.0. The van der Waals surface area contributed by atoms with Gasteiger partial charge in [-0.2, -0.15) is 0 Å². The third-order valence-corrected chi connectivity index (χ3v) is 11.6. The summed E-state index contributed by atoms with van der Waals surface area (Å²) in [4.78, 5) is 9.88. The van der Waals surface area contributed by atoms with Crippen LogP contribution in [0.3, 0.4) is 0 Å². The fraction of sp³-hybridized carbons (Fsp3) is 0.224. The van der Waals surface area contributed by atoms with E-state index in [1.165, 1.54) is 55.2 Å². The van der Waals surface area contributed by atoms with Gasteiger partial charge in [-0.05, 0) is 105 Å². The van der Waals surface area contributed by atoms with Gasteiger partial charge in [0, 0.05) is 34.4 Å². The molecule has 0 saturated carbocycles. The summed E-state index contributed by atoms with van der Waals surface area (Å²) in [5.41, 5.74) is 14.2. The van der Waals surface area contributed by atoms with Gasteiger partial charge in [-0.15, -0.1) is 0 Å². The van der Waals surface area contributed by atoms with Crippen molar-refractivity contribution in [3.8, 4) is 16.9 Å². The number of hydrogen-bond donors (Lipinski definition) is 0. The quantitative estimate of drug-likeness (QED) is 0.186. The first-order valence-corrected chi connectivity index (χ1v) is 18.6. The maximum absolute atomic E-state index is 5.20. The van der Waals surface area contributed by atoms with Gasteiger partial charge in [0.05, 0.1) is 27.8 Å². The molecule has 0 N–H and O–H groups in total. The van der Waals surface area contributed by atoms with Crippen molar-refractivity contribution in [2.75, 3.05) is 0 Å². The second-order valence-electron chi connectivity index (χ2n) is 16.7. The number of nitrogens with zero attached hydrogens (tertiary/aromatic N) is 3. The molecule has 3 aromatic heterocycles. The van der Waals surface area contributed by atoms with Crippen LogP contribution in [-0.4, -0.2) is 14.5 Å². The summed E-state index contributed by atoms with van der Waals surface area (Å²) in [6.07, 6.45) is 9.96. The molecule has 0 fully saturated rings. The first-order chi connectivity index (χ1) is 25.0. The molecule has 1 unspecified atom stereocenters. The molecule has 4 aromatic carbocycles. The zero-order valence-corrected chi connectivity index (χ0v) is 31.0. The summed E-state index contributed by atoms with van der Waals surface area (Å²) in [6.45, 7) is 14.1. The molecule has 9 rings (SSSR count). The number of fused-ring (bicyclic) bond motifs is 6. The van der Waals surface area contributed by atoms with Crippen molar-refractivity contribution in [2.24, 2.45) is 11.3 Å². The largest absolute Gasteiger partial charge is 0.309 e. The van der Waals surface area contributed by atoms with Gasteiger partial charge in [0.25, 0.3) is 0 Å². The van der Waals surface area contributed by atoms with Crippen LogP contribution in [0.5, 0.6) is 0 Å². The van der Waals surface area contributed by atoms with Crippen molar-refractivity contribution in [3.05, 3.63) is 179 Å². The lowest BCUT2D eigenvalue weighted by Crippen LogP contribution is -2.31. The van der Waals surface area contributed by atoms with Gasteiger partial charge in [-0.25, -0.2) is 0 Å². The molecule has 0 spiro atoms. The van der Waals surface area contributed by atoms with Crippen LogP contribution in [0.25, 0.3) is 44.3 Å². The lowest BCUT2D eigenvalue weighted by atomic mass is 9.66. The molecule has 2 aliphatic rings. The third kappa shape index (κ3) is 4.93. The molecular formula is C49H45N3. The van der Waals surface area contributed by atoms with Gasteiger partial charge in [0.1, 0.15) is 0 Å². The van der Waals surface area contributed by atoms with E-state index in [1.54, 1.807) is 0 Å². The molecule has 0 radical (unpaired) electrons. The number of hydrogen-bond acceptors (Lipinski definition) is 2. The van der Waals surface area contributed by atoms with E-state index >= 15 is 0 Å². The highest BCUT2D eigenvalue weighted by molar-refractivity contribution is 6.10. The third-order valence-electron chi connectivity index (χ3n) is 11.6. The number of aromatic nitrogens is 3. The monoisotopic (exact) mass is 675 g/mol. The van der Waals surface area contributed by atoms with E-state index in [1.807, 2.05) is 24.5 Å². The average molecular weight is 676 g/mol. The topological polar surface area (TPSA) is 30.7 Å². The van der Waals surface area contributed by atoms with Crippen LogP contribution in [0.4, 0.5) is 0 Å². The SMILES string of the molecule is CC(C)(C)c1ccc2c(c1)C1=CC(C(C)(C)C)CC=C1[C@@]2(c1ccc2c3ccccc3n(-c3cccc(-c4ccccn4)c3)c2c1)c1ccccn1. The Bertz CT molecular complexity index is 2560. The number of rotatable bonds is 4. The lowest BCUT2D eigenvalue weighted by Gasteiger charge is -2.36. The van der Waals surface area contributed by atoms with Gasteiger partial charge in [0.15, 0.2) is 0 Å². The number of para-hydroxylation sites is 1. The Morgan fingerprint density at radius 2 is 1.44 bits per heavy atom. The van der Waals surface area contributed by atoms with Crippen LogP contribution in [0, 0.1) is 11.3 Å². The molecular weight excluding hydrogens is 631 g/mol. The van der Waals surface area contributed by atoms with E-state index in [2.05, 4.69) is 172 Å². The van der Waals surface area contributed by atoms with E-state index in [9.17, 15) is 0 Å². The molecule has 3 heteroatoms. The Morgan fingerprint density at radius 3 is 2.19 bits per heavy atom. The fourth-order valence-electron chi connectivity index (χ4n) is 8.75. The molecule has 256 valence electrons. The lowest BCUT2D eigenvalue weighted by molar-refractivity contribution is 0.293. The van der Waals surface area contributed by atoms with Gasteiger partial charge in [-0.1, -0.05) is 126 Å². The normalized spacial score (nSPS) is 18.6. The second-order valence-corrected chi connectivity index (χ2v) is 16.7. The Labute approximate surface area is 307 Å². The van der Waals surface area contributed by atoms with E-state index in [-0.39, 0.29) is 10.8 Å². The van der Waals surface area contributed by atoms with Crippen LogP contribution in [0.2, 0.25) is 0 Å². The standard InChI is InChI=1S/C49H45N3/c1-47(2,3)33-21-24-41-39(29-33)40-30-34(48(4,5)6)22-25-42(40)49(41,46-19-10-12-27-51-46)35-20-23-38-37-16-7-8-18-44(37)52(45(38)31-35)36-15-13-14-32(28-36)43-17-9-11-26-50-43/h7-21,23-31,34H,22H2,1-6H3/t34?,49-/m0/s1. The first kappa shape index (κ1) is 32.4. The highest BCUT2D eigenvalue weighted by Crippen LogP contribution is 2.60. The second kappa shape index (κ2) is 11.7. The zero-order chi connectivity index (χ0) is 35.8. The van der Waals surface area contributed by atoms with E-state index in [0.29, 0.717) is 5.92 Å². The minimum Gasteiger partial charge on any atom is -0.309 e. The van der Waals surface area contributed by atoms with Crippen molar-refractivity contribution >= 4 is 27.4 Å². The summed E-state index contributed by atoms with van der Waals surface area (Å²) in [5.74, 6) is 0.438. The van der Waals surface area contributed by atoms with Gasteiger partial charge in [0.2, 0.25) is 0 Å². The van der Waals surface area contributed by atoms with E-state index in [4.69, 9.17) is 4.98 Å². The maximum Gasteiger partial charge on any atom is 0.0883 e. The number of allylic oxidation sites excluding steroid dienone is 4. The van der Waals surface area contributed by atoms with Gasteiger partial charge in [-0.3, -0.25) is 9.97 Å². The predicted molar refractivity (Wildman–Crippen MR) is 217 cm³/mol. The highest BCUT2D eigenvalue weighted by atomic mass is 15.0. The van der Waals surface area contributed by atoms with Crippen LogP contribution in [0.15, 0.2) is 151 Å². The Balaban J connectivity index is 1.36. The number of pyridine rings is 2. The Morgan fingerprint density at radius 1 is 0.673 bits per heavy atom. The first-order valence-electron chi connectivity index (χ1n) is 18.6. The van der Waals surface area contributed by atoms with Crippen LogP contribution >= 0.6 is 0 Å². The summed E-state index contributed by atoms with van der Waals surface area (Å²) < 4.78 is 2.44. The summed E-state index contributed by atoms with van der Waals surface area (Å²) in [6, 6.07) is 44.5. The summed E-state index contributed by atoms with van der Waals surface area (Å²) >= 11 is 0. The molecule has 2 atom stereocenters. The van der Waals surface area contributed by atoms with Crippen molar-refractivity contribution < 1.29 is 0 Å². The fourth-order valence-corrected chi connectivity index (χ4v) is 8.75. The highest BCUT2D eigenvalue weighted by Gasteiger charge is 2.51. The van der Waals surface area contributed by atoms with E-state index < -0.39 is 5.41 Å². The molecule has 0 bridgehead atoms. The molecule has 3 heterocycles. The van der Waals surface area contributed by atoms with Gasteiger partial charge >= 0.3 is 0 Å². The predicted octanol–water partition coefficient (Wildman–Crippen LogP) is 12.3. The van der Waals surface area contributed by atoms with Crippen molar-refractivity contribution in [1.29, 1.82) is 0 Å². The Hall–Kier alpha value is -5.54. The minimum absolute atomic E-state index is 0.0253. The molecule has 3 nitrogen and oxygen atoms in total. The molecule has 0 aliphatic heterocycles. The van der Waals surface area contributed by atoms with Gasteiger partial charge < -0.3 is 4.57 Å². The molecule has 0 amide bonds. The Kier molecular flexibility index (Phi) is 7.31. The van der Waals surface area contributed by atoms with Crippen molar-refractivity contribution in [1.82, 2.24) is 14.5 Å². The smallest absolute Gasteiger partial charge is 0.0883 e. The van der Waals surface area contributed by atoms with Crippen LogP contribution < -0.4 is 0 Å². The average Bonchev–Trinajstić information content (AvgIpc) is 3.65.